The van der Waals surface area contributed by atoms with Crippen LogP contribution in [0.2, 0.25) is 0 Å². The van der Waals surface area contributed by atoms with E-state index in [0.29, 0.717) is 25.1 Å². The van der Waals surface area contributed by atoms with Crippen LogP contribution >= 0.6 is 0 Å². The second kappa shape index (κ2) is 7.93. The van der Waals surface area contributed by atoms with E-state index in [9.17, 15) is 18.0 Å². The van der Waals surface area contributed by atoms with Gasteiger partial charge in [0.1, 0.15) is 5.76 Å². The maximum Gasteiger partial charge on any atom is 0.250 e. The van der Waals surface area contributed by atoms with E-state index in [-0.39, 0.29) is 35.4 Å². The van der Waals surface area contributed by atoms with Crippen molar-refractivity contribution in [1.29, 1.82) is 0 Å². The highest BCUT2D eigenvalue weighted by molar-refractivity contribution is 7.89. The van der Waals surface area contributed by atoms with E-state index >= 15 is 0 Å². The first-order valence-corrected chi connectivity index (χ1v) is 10.0. The van der Waals surface area contributed by atoms with Gasteiger partial charge in [-0.1, -0.05) is 12.1 Å². The van der Waals surface area contributed by atoms with Crippen molar-refractivity contribution in [2.24, 2.45) is 11.7 Å². The zero-order valence-electron chi connectivity index (χ0n) is 14.6. The van der Waals surface area contributed by atoms with Gasteiger partial charge in [-0.05, 0) is 37.1 Å². The van der Waals surface area contributed by atoms with Crippen LogP contribution < -0.4 is 11.1 Å². The van der Waals surface area contributed by atoms with Crippen molar-refractivity contribution < 1.29 is 22.4 Å². The van der Waals surface area contributed by atoms with E-state index in [1.165, 1.54) is 22.7 Å². The van der Waals surface area contributed by atoms with Gasteiger partial charge in [-0.3, -0.25) is 9.59 Å². The predicted octanol–water partition coefficient (Wildman–Crippen LogP) is 1.10. The van der Waals surface area contributed by atoms with Gasteiger partial charge in [-0.25, -0.2) is 8.42 Å². The van der Waals surface area contributed by atoms with Crippen LogP contribution in [0.3, 0.4) is 0 Å². The molecule has 0 aliphatic carbocycles. The van der Waals surface area contributed by atoms with Crippen LogP contribution in [-0.2, 0) is 21.4 Å². The zero-order chi connectivity index (χ0) is 19.4. The number of carbonyl (C=O) groups is 2. The summed E-state index contributed by atoms with van der Waals surface area (Å²) in [4.78, 5) is 23.7. The third kappa shape index (κ3) is 4.20. The van der Waals surface area contributed by atoms with Crippen LogP contribution in [0, 0.1) is 5.92 Å². The summed E-state index contributed by atoms with van der Waals surface area (Å²) < 4.78 is 32.2. The van der Waals surface area contributed by atoms with Gasteiger partial charge in [0, 0.05) is 19.0 Å². The van der Waals surface area contributed by atoms with E-state index in [4.69, 9.17) is 10.2 Å². The Morgan fingerprint density at radius 2 is 1.85 bits per heavy atom. The lowest BCUT2D eigenvalue weighted by Crippen LogP contribution is -2.43. The molecule has 1 aromatic heterocycles. The SMILES string of the molecule is NC(=O)c1ccccc1S(=O)(=O)N1CCC(C(=O)NCc2ccco2)CC1. The highest BCUT2D eigenvalue weighted by atomic mass is 32.2. The third-order valence-corrected chi connectivity index (χ3v) is 6.57. The fourth-order valence-corrected chi connectivity index (χ4v) is 4.79. The molecule has 1 aliphatic heterocycles. The molecule has 0 spiro atoms. The van der Waals surface area contributed by atoms with Crippen molar-refractivity contribution >= 4 is 21.8 Å². The molecule has 9 heteroatoms. The largest absolute Gasteiger partial charge is 0.467 e. The van der Waals surface area contributed by atoms with Crippen LogP contribution in [0.1, 0.15) is 29.0 Å². The van der Waals surface area contributed by atoms with Crippen molar-refractivity contribution in [3.8, 4) is 0 Å². The standard InChI is InChI=1S/C18H21N3O5S/c19-17(22)15-5-1-2-6-16(15)27(24,25)21-9-7-13(8-10-21)18(23)20-12-14-4-3-11-26-14/h1-6,11,13H,7-10,12H2,(H2,19,22)(H,20,23). The minimum atomic E-state index is -3.85. The van der Waals surface area contributed by atoms with Gasteiger partial charge in [0.25, 0.3) is 0 Å². The second-order valence-electron chi connectivity index (χ2n) is 6.34. The van der Waals surface area contributed by atoms with Gasteiger partial charge < -0.3 is 15.5 Å². The molecule has 0 unspecified atom stereocenters. The van der Waals surface area contributed by atoms with Crippen molar-refractivity contribution in [1.82, 2.24) is 9.62 Å². The van der Waals surface area contributed by atoms with Gasteiger partial charge >= 0.3 is 0 Å². The molecule has 3 N–H and O–H groups in total. The minimum Gasteiger partial charge on any atom is -0.467 e. The zero-order valence-corrected chi connectivity index (χ0v) is 15.4. The summed E-state index contributed by atoms with van der Waals surface area (Å²) in [6.07, 6.45) is 2.35. The quantitative estimate of drug-likeness (QED) is 0.763. The number of hydrogen-bond donors (Lipinski definition) is 2. The smallest absolute Gasteiger partial charge is 0.250 e. The molecule has 0 bridgehead atoms. The Bertz CT molecular complexity index is 916. The molecule has 2 heterocycles. The molecular weight excluding hydrogens is 370 g/mol. The number of nitrogens with zero attached hydrogens (tertiary/aromatic N) is 1. The van der Waals surface area contributed by atoms with E-state index in [2.05, 4.69) is 5.32 Å². The van der Waals surface area contributed by atoms with Crippen LogP contribution in [0.15, 0.2) is 52.0 Å². The van der Waals surface area contributed by atoms with E-state index in [1.54, 1.807) is 24.3 Å². The number of sulfonamides is 1. The highest BCUT2D eigenvalue weighted by Crippen LogP contribution is 2.26. The minimum absolute atomic E-state index is 0.0317. The second-order valence-corrected chi connectivity index (χ2v) is 8.24. The summed E-state index contributed by atoms with van der Waals surface area (Å²) >= 11 is 0. The number of rotatable bonds is 6. The molecule has 0 atom stereocenters. The number of nitrogens with one attached hydrogen (secondary N) is 1. The number of hydrogen-bond acceptors (Lipinski definition) is 5. The first-order valence-electron chi connectivity index (χ1n) is 8.58. The summed E-state index contributed by atoms with van der Waals surface area (Å²) in [5.41, 5.74) is 5.26. The Hall–Kier alpha value is -2.65. The molecule has 144 valence electrons. The summed E-state index contributed by atoms with van der Waals surface area (Å²) in [5, 5.41) is 2.80. The topological polar surface area (TPSA) is 123 Å². The molecule has 3 rings (SSSR count). The van der Waals surface area contributed by atoms with Crippen LogP contribution in [0.5, 0.6) is 0 Å². The molecule has 2 amide bonds. The number of primary amides is 1. The maximum atomic E-state index is 12.9. The van der Waals surface area contributed by atoms with Crippen molar-refractivity contribution in [3.05, 3.63) is 54.0 Å². The maximum absolute atomic E-state index is 12.9. The molecule has 1 aliphatic rings. The number of nitrogens with two attached hydrogens (primary N) is 1. The fraction of sp³-hybridized carbons (Fsp3) is 0.333. The Labute approximate surface area is 157 Å². The average Bonchev–Trinajstić information content (AvgIpc) is 3.20. The first kappa shape index (κ1) is 19.1. The molecule has 27 heavy (non-hydrogen) atoms. The van der Waals surface area contributed by atoms with E-state index < -0.39 is 15.9 Å². The van der Waals surface area contributed by atoms with Gasteiger partial charge in [-0.15, -0.1) is 0 Å². The van der Waals surface area contributed by atoms with Gasteiger partial charge in [0.05, 0.1) is 23.3 Å². The summed E-state index contributed by atoms with van der Waals surface area (Å²) in [6.45, 7) is 0.707. The Kier molecular flexibility index (Phi) is 5.62. The lowest BCUT2D eigenvalue weighted by Gasteiger charge is -2.30. The Morgan fingerprint density at radius 3 is 2.48 bits per heavy atom. The van der Waals surface area contributed by atoms with E-state index in [0.717, 1.165) is 0 Å². The average molecular weight is 391 g/mol. The summed E-state index contributed by atoms with van der Waals surface area (Å²) in [7, 11) is -3.85. The van der Waals surface area contributed by atoms with Gasteiger partial charge in [-0.2, -0.15) is 4.31 Å². The monoisotopic (exact) mass is 391 g/mol. The Morgan fingerprint density at radius 1 is 1.15 bits per heavy atom. The van der Waals surface area contributed by atoms with Crippen molar-refractivity contribution in [3.63, 3.8) is 0 Å². The molecular formula is C18H21N3O5S. The van der Waals surface area contributed by atoms with E-state index in [1.807, 2.05) is 0 Å². The number of amides is 2. The molecule has 1 fully saturated rings. The molecule has 8 nitrogen and oxygen atoms in total. The van der Waals surface area contributed by atoms with Crippen molar-refractivity contribution in [2.45, 2.75) is 24.3 Å². The number of furan rings is 1. The normalized spacial score (nSPS) is 16.1. The van der Waals surface area contributed by atoms with Crippen LogP contribution in [0.25, 0.3) is 0 Å². The molecule has 0 radical (unpaired) electrons. The fourth-order valence-electron chi connectivity index (χ4n) is 3.12. The molecule has 1 saturated heterocycles. The van der Waals surface area contributed by atoms with Crippen molar-refractivity contribution in [2.75, 3.05) is 13.1 Å². The lowest BCUT2D eigenvalue weighted by atomic mass is 9.97. The molecule has 0 saturated carbocycles. The number of piperidine rings is 1. The predicted molar refractivity (Wildman–Crippen MR) is 97.0 cm³/mol. The van der Waals surface area contributed by atoms with Gasteiger partial charge in [0.15, 0.2) is 0 Å². The number of carbonyl (C=O) groups excluding carboxylic acids is 2. The van der Waals surface area contributed by atoms with Gasteiger partial charge in [0.2, 0.25) is 21.8 Å². The molecule has 2 aromatic rings. The lowest BCUT2D eigenvalue weighted by molar-refractivity contribution is -0.126. The third-order valence-electron chi connectivity index (χ3n) is 4.61. The number of benzene rings is 1. The summed E-state index contributed by atoms with van der Waals surface area (Å²) in [6, 6.07) is 9.39. The Balaban J connectivity index is 1.63. The molecule has 1 aromatic carbocycles. The first-order chi connectivity index (χ1) is 12.9. The highest BCUT2D eigenvalue weighted by Gasteiger charge is 2.33. The summed E-state index contributed by atoms with van der Waals surface area (Å²) in [5.74, 6) is -0.522. The van der Waals surface area contributed by atoms with Crippen LogP contribution in [0.4, 0.5) is 0 Å². The van der Waals surface area contributed by atoms with Crippen LogP contribution in [-0.4, -0.2) is 37.6 Å².